The van der Waals surface area contributed by atoms with Crippen LogP contribution in [0, 0.1) is 0 Å². The first-order valence-electron chi connectivity index (χ1n) is 4.82. The highest BCUT2D eigenvalue weighted by atomic mass is 35.5. The summed E-state index contributed by atoms with van der Waals surface area (Å²) in [6.07, 6.45) is 1.79. The number of hydrogen-bond acceptors (Lipinski definition) is 3. The summed E-state index contributed by atoms with van der Waals surface area (Å²) in [5.74, 6) is 0.737. The Morgan fingerprint density at radius 3 is 2.41 bits per heavy atom. The molecule has 1 heterocycles. The fourth-order valence-corrected chi connectivity index (χ4v) is 1.43. The van der Waals surface area contributed by atoms with Crippen molar-refractivity contribution in [3.8, 4) is 0 Å². The third kappa shape index (κ3) is 4.17. The molecule has 0 fully saturated rings. The van der Waals surface area contributed by atoms with Crippen molar-refractivity contribution in [2.45, 2.75) is 6.54 Å². The molecule has 0 aliphatic rings. The topological polar surface area (TPSA) is 55.9 Å². The van der Waals surface area contributed by atoms with E-state index in [4.69, 9.17) is 5.73 Å². The second-order valence-corrected chi connectivity index (χ2v) is 3.45. The molecule has 3 N–H and O–H groups in total. The summed E-state index contributed by atoms with van der Waals surface area (Å²) in [6.45, 7) is 0.738. The van der Waals surface area contributed by atoms with Crippen LogP contribution in [0.3, 0.4) is 0 Å². The van der Waals surface area contributed by atoms with Gasteiger partial charge >= 0.3 is 0 Å². The van der Waals surface area contributed by atoms with E-state index in [1.165, 1.54) is 5.56 Å². The lowest BCUT2D eigenvalue weighted by atomic mass is 10.2. The van der Waals surface area contributed by atoms with Gasteiger partial charge in [-0.1, -0.05) is 30.3 Å². The molecule has 0 saturated heterocycles. The van der Waals surface area contributed by atoms with Crippen LogP contribution < -0.4 is 11.1 Å². The van der Waals surface area contributed by atoms with E-state index in [0.717, 1.165) is 12.4 Å². The molecule has 17 heavy (non-hydrogen) atoms. The summed E-state index contributed by atoms with van der Waals surface area (Å²) in [6, 6.07) is 10.1. The van der Waals surface area contributed by atoms with Gasteiger partial charge in [-0.2, -0.15) is 5.10 Å². The Labute approximate surface area is 113 Å². The van der Waals surface area contributed by atoms with Gasteiger partial charge in [-0.3, -0.25) is 4.68 Å². The summed E-state index contributed by atoms with van der Waals surface area (Å²) >= 11 is 0. The number of aryl methyl sites for hydroxylation is 1. The summed E-state index contributed by atoms with van der Waals surface area (Å²) in [5, 5.41) is 7.40. The molecule has 0 amide bonds. The second kappa shape index (κ2) is 7.04. The number of benzene rings is 1. The Kier molecular flexibility index (Phi) is 6.46. The third-order valence-electron chi connectivity index (χ3n) is 2.16. The smallest absolute Gasteiger partial charge is 0.171 e. The first kappa shape index (κ1) is 15.6. The van der Waals surface area contributed by atoms with Gasteiger partial charge in [0.05, 0.1) is 5.69 Å². The molecular weight excluding hydrogens is 259 g/mol. The van der Waals surface area contributed by atoms with Gasteiger partial charge in [0.2, 0.25) is 0 Å². The molecule has 6 heteroatoms. The molecule has 4 nitrogen and oxygen atoms in total. The maximum absolute atomic E-state index is 5.76. The average molecular weight is 275 g/mol. The van der Waals surface area contributed by atoms with E-state index in [1.807, 2.05) is 25.2 Å². The van der Waals surface area contributed by atoms with Crippen molar-refractivity contribution in [2.75, 3.05) is 11.1 Å². The summed E-state index contributed by atoms with van der Waals surface area (Å²) in [4.78, 5) is 0. The average Bonchev–Trinajstić information content (AvgIpc) is 2.56. The van der Waals surface area contributed by atoms with Crippen molar-refractivity contribution >= 4 is 36.3 Å². The van der Waals surface area contributed by atoms with Crippen molar-refractivity contribution in [1.29, 1.82) is 0 Å². The fraction of sp³-hybridized carbons (Fsp3) is 0.182. The Balaban J connectivity index is 0.00000128. The zero-order valence-electron chi connectivity index (χ0n) is 9.46. The third-order valence-corrected chi connectivity index (χ3v) is 2.16. The van der Waals surface area contributed by atoms with E-state index in [-0.39, 0.29) is 24.8 Å². The predicted molar refractivity (Wildman–Crippen MR) is 75.9 cm³/mol. The van der Waals surface area contributed by atoms with Crippen molar-refractivity contribution < 1.29 is 0 Å². The van der Waals surface area contributed by atoms with E-state index >= 15 is 0 Å². The van der Waals surface area contributed by atoms with Gasteiger partial charge in [-0.15, -0.1) is 24.8 Å². The molecule has 1 aromatic carbocycles. The Morgan fingerprint density at radius 1 is 1.24 bits per heavy atom. The van der Waals surface area contributed by atoms with Crippen LogP contribution in [0.4, 0.5) is 11.5 Å². The van der Waals surface area contributed by atoms with E-state index < -0.39 is 0 Å². The maximum Gasteiger partial charge on any atom is 0.171 e. The number of nitrogens with two attached hydrogens (primary N) is 1. The van der Waals surface area contributed by atoms with Crippen molar-refractivity contribution in [1.82, 2.24) is 9.78 Å². The molecular formula is C11H16Cl2N4. The Morgan fingerprint density at radius 2 is 1.88 bits per heavy atom. The maximum atomic E-state index is 5.76. The minimum Gasteiger partial charge on any atom is -0.394 e. The summed E-state index contributed by atoms with van der Waals surface area (Å²) < 4.78 is 1.70. The van der Waals surface area contributed by atoms with Crippen LogP contribution in [-0.2, 0) is 13.6 Å². The van der Waals surface area contributed by atoms with Crippen LogP contribution in [0.15, 0.2) is 36.5 Å². The van der Waals surface area contributed by atoms with Gasteiger partial charge in [-0.05, 0) is 5.56 Å². The second-order valence-electron chi connectivity index (χ2n) is 3.45. The lowest BCUT2D eigenvalue weighted by Crippen LogP contribution is -2.02. The lowest BCUT2D eigenvalue weighted by Gasteiger charge is -2.03. The van der Waals surface area contributed by atoms with E-state index in [2.05, 4.69) is 22.5 Å². The van der Waals surface area contributed by atoms with Gasteiger partial charge in [0.25, 0.3) is 0 Å². The molecule has 0 radical (unpaired) electrons. The minimum atomic E-state index is 0. The van der Waals surface area contributed by atoms with Crippen LogP contribution in [0.5, 0.6) is 0 Å². The SMILES string of the molecule is Cl.Cl.Cn1cc(N)c(NCc2ccccc2)n1. The quantitative estimate of drug-likeness (QED) is 0.904. The number of nitrogens with zero attached hydrogens (tertiary/aromatic N) is 2. The number of anilines is 2. The van der Waals surface area contributed by atoms with Gasteiger partial charge in [0.15, 0.2) is 5.82 Å². The predicted octanol–water partition coefficient (Wildman–Crippen LogP) is 2.46. The first-order valence-corrected chi connectivity index (χ1v) is 4.82. The normalized spacial score (nSPS) is 9.00. The number of hydrogen-bond donors (Lipinski definition) is 2. The number of aromatic nitrogens is 2. The van der Waals surface area contributed by atoms with Gasteiger partial charge in [0.1, 0.15) is 0 Å². The van der Waals surface area contributed by atoms with Gasteiger partial charge in [-0.25, -0.2) is 0 Å². The molecule has 0 aliphatic heterocycles. The zero-order valence-corrected chi connectivity index (χ0v) is 11.1. The summed E-state index contributed by atoms with van der Waals surface area (Å²) in [7, 11) is 1.85. The number of rotatable bonds is 3. The molecule has 2 rings (SSSR count). The van der Waals surface area contributed by atoms with E-state index in [1.54, 1.807) is 10.9 Å². The first-order chi connectivity index (χ1) is 7.25. The minimum absolute atomic E-state index is 0. The highest BCUT2D eigenvalue weighted by molar-refractivity contribution is 5.85. The van der Waals surface area contributed by atoms with Crippen LogP contribution in [0.1, 0.15) is 5.56 Å². The fourth-order valence-electron chi connectivity index (χ4n) is 1.43. The Bertz CT molecular complexity index is 442. The molecule has 0 spiro atoms. The van der Waals surface area contributed by atoms with Gasteiger partial charge in [0, 0.05) is 19.8 Å². The van der Waals surface area contributed by atoms with E-state index in [0.29, 0.717) is 5.69 Å². The lowest BCUT2D eigenvalue weighted by molar-refractivity contribution is 0.768. The molecule has 0 aliphatic carbocycles. The largest absolute Gasteiger partial charge is 0.394 e. The van der Waals surface area contributed by atoms with Crippen LogP contribution in [0.25, 0.3) is 0 Å². The van der Waals surface area contributed by atoms with Crippen LogP contribution >= 0.6 is 24.8 Å². The molecule has 94 valence electrons. The molecule has 0 unspecified atom stereocenters. The highest BCUT2D eigenvalue weighted by Crippen LogP contribution is 2.15. The van der Waals surface area contributed by atoms with Crippen molar-refractivity contribution in [3.05, 3.63) is 42.1 Å². The van der Waals surface area contributed by atoms with Crippen LogP contribution in [0.2, 0.25) is 0 Å². The van der Waals surface area contributed by atoms with E-state index in [9.17, 15) is 0 Å². The molecule has 0 atom stereocenters. The number of halogens is 2. The van der Waals surface area contributed by atoms with Crippen LogP contribution in [-0.4, -0.2) is 9.78 Å². The monoisotopic (exact) mass is 274 g/mol. The summed E-state index contributed by atoms with van der Waals surface area (Å²) in [5.41, 5.74) is 7.64. The molecule has 2 aromatic rings. The molecule has 0 bridgehead atoms. The standard InChI is InChI=1S/C11H14N4.2ClH/c1-15-8-10(12)11(14-15)13-7-9-5-3-2-4-6-9;;/h2-6,8H,7,12H2,1H3,(H,13,14);2*1H. The zero-order chi connectivity index (χ0) is 10.7. The van der Waals surface area contributed by atoms with Gasteiger partial charge < -0.3 is 11.1 Å². The van der Waals surface area contributed by atoms with Crippen molar-refractivity contribution in [2.24, 2.45) is 7.05 Å². The number of nitrogen functional groups attached to an aromatic ring is 1. The highest BCUT2D eigenvalue weighted by Gasteiger charge is 2.02. The molecule has 0 saturated carbocycles. The number of nitrogens with one attached hydrogen (secondary N) is 1. The molecule has 1 aromatic heterocycles. The van der Waals surface area contributed by atoms with Crippen molar-refractivity contribution in [3.63, 3.8) is 0 Å². The Hall–Kier alpha value is -1.39.